The fraction of sp³-hybridized carbons (Fsp3) is 0.583. The number of phosphoric acid groups is 1. The van der Waals surface area contributed by atoms with Crippen molar-refractivity contribution in [1.29, 1.82) is 0 Å². The van der Waals surface area contributed by atoms with E-state index in [0.717, 1.165) is 103 Å². The highest BCUT2D eigenvalue weighted by Gasteiger charge is 2.28. The van der Waals surface area contributed by atoms with Crippen molar-refractivity contribution in [1.82, 2.24) is 0 Å². The topological polar surface area (TPSA) is 155 Å². The van der Waals surface area contributed by atoms with Crippen LogP contribution in [0.25, 0.3) is 0 Å². The molecule has 0 aliphatic rings. The molecule has 0 aromatic rings. The lowest BCUT2D eigenvalue weighted by Gasteiger charge is -2.21. The predicted octanol–water partition coefficient (Wildman–Crippen LogP) is 15.8. The first-order valence-electron chi connectivity index (χ1n) is 27.1. The number of aliphatic hydroxyl groups excluding tert-OH is 1. The molecule has 0 amide bonds. The van der Waals surface area contributed by atoms with Gasteiger partial charge in [-0.1, -0.05) is 187 Å². The van der Waals surface area contributed by atoms with Crippen LogP contribution in [0, 0.1) is 0 Å². The Bertz CT molecular complexity index is 1710. The van der Waals surface area contributed by atoms with Gasteiger partial charge in [0.15, 0.2) is 6.10 Å². The number of ether oxygens (including phenoxy) is 3. The second kappa shape index (κ2) is 52.9. The van der Waals surface area contributed by atoms with Gasteiger partial charge in [0, 0.05) is 19.3 Å². The molecule has 0 rings (SSSR count). The fourth-order valence-electron chi connectivity index (χ4n) is 6.49. The number of aliphatic hydroxyl groups is 1. The Morgan fingerprint density at radius 1 is 0.403 bits per heavy atom. The van der Waals surface area contributed by atoms with Gasteiger partial charge >= 0.3 is 25.7 Å². The third-order valence-electron chi connectivity index (χ3n) is 10.6. The van der Waals surface area contributed by atoms with Crippen LogP contribution in [-0.2, 0) is 42.2 Å². The SMILES string of the molecule is CC/C=C\C/C=C\C/C=C\C/C=C\C/C=C\CCCC(=O)OC(COC(=O)CC/C=C\C/C=C\C/C=C\C/C=C\CC)COP(=O)(O)OCC(CO)OC(=O)CCCCCCC/C=C\C/C=C\CCCCC. The van der Waals surface area contributed by atoms with Gasteiger partial charge < -0.3 is 24.2 Å². The zero-order valence-corrected chi connectivity index (χ0v) is 45.5. The summed E-state index contributed by atoms with van der Waals surface area (Å²) < 4.78 is 39.3. The van der Waals surface area contributed by atoms with Gasteiger partial charge in [-0.05, 0) is 116 Å². The van der Waals surface area contributed by atoms with Crippen LogP contribution >= 0.6 is 7.82 Å². The lowest BCUT2D eigenvalue weighted by atomic mass is 10.1. The van der Waals surface area contributed by atoms with Crippen molar-refractivity contribution < 1.29 is 52.2 Å². The van der Waals surface area contributed by atoms with Crippen molar-refractivity contribution in [3.63, 3.8) is 0 Å². The maximum Gasteiger partial charge on any atom is 0.472 e. The van der Waals surface area contributed by atoms with E-state index in [-0.39, 0.29) is 19.3 Å². The molecule has 0 aliphatic heterocycles. The first-order chi connectivity index (χ1) is 35.2. The van der Waals surface area contributed by atoms with Gasteiger partial charge in [0.25, 0.3) is 0 Å². The third-order valence-corrected chi connectivity index (χ3v) is 11.5. The highest BCUT2D eigenvalue weighted by Crippen LogP contribution is 2.43. The summed E-state index contributed by atoms with van der Waals surface area (Å²) in [5.41, 5.74) is 0. The molecule has 11 nitrogen and oxygen atoms in total. The van der Waals surface area contributed by atoms with Gasteiger partial charge in [0.1, 0.15) is 12.7 Å². The average Bonchev–Trinajstić information content (AvgIpc) is 3.37. The maximum atomic E-state index is 12.9. The van der Waals surface area contributed by atoms with Crippen molar-refractivity contribution in [2.24, 2.45) is 0 Å². The van der Waals surface area contributed by atoms with Crippen molar-refractivity contribution in [2.75, 3.05) is 26.4 Å². The highest BCUT2D eigenvalue weighted by molar-refractivity contribution is 7.47. The second-order valence-corrected chi connectivity index (χ2v) is 18.7. The molecule has 0 aliphatic carbocycles. The van der Waals surface area contributed by atoms with Crippen LogP contribution in [0.2, 0.25) is 0 Å². The zero-order valence-electron chi connectivity index (χ0n) is 44.6. The van der Waals surface area contributed by atoms with E-state index in [1.807, 2.05) is 24.3 Å². The lowest BCUT2D eigenvalue weighted by molar-refractivity contribution is -0.161. The van der Waals surface area contributed by atoms with Crippen LogP contribution in [-0.4, -0.2) is 66.5 Å². The molecular weight excluding hydrogens is 928 g/mol. The monoisotopic (exact) mass is 1020 g/mol. The molecule has 0 saturated heterocycles. The Morgan fingerprint density at radius 3 is 1.22 bits per heavy atom. The minimum atomic E-state index is -4.79. The number of carbonyl (C=O) groups excluding carboxylic acids is 3. The Morgan fingerprint density at radius 2 is 0.764 bits per heavy atom. The van der Waals surface area contributed by atoms with Crippen LogP contribution < -0.4 is 0 Å². The number of rotatable bonds is 48. The predicted molar refractivity (Wildman–Crippen MR) is 297 cm³/mol. The third kappa shape index (κ3) is 50.6. The quantitative estimate of drug-likeness (QED) is 0.0197. The Labute approximate surface area is 436 Å². The second-order valence-electron chi connectivity index (χ2n) is 17.3. The van der Waals surface area contributed by atoms with E-state index in [1.165, 1.54) is 19.3 Å². The molecule has 12 heteroatoms. The highest BCUT2D eigenvalue weighted by atomic mass is 31.2. The Kier molecular flexibility index (Phi) is 49.7. The number of esters is 3. The molecule has 0 radical (unpaired) electrons. The van der Waals surface area contributed by atoms with E-state index in [0.29, 0.717) is 25.7 Å². The molecule has 0 aromatic heterocycles. The lowest BCUT2D eigenvalue weighted by Crippen LogP contribution is -2.30. The number of hydrogen-bond donors (Lipinski definition) is 2. The fourth-order valence-corrected chi connectivity index (χ4v) is 7.28. The summed E-state index contributed by atoms with van der Waals surface area (Å²) in [4.78, 5) is 48.4. The van der Waals surface area contributed by atoms with E-state index in [1.54, 1.807) is 0 Å². The summed E-state index contributed by atoms with van der Waals surface area (Å²) in [5, 5.41) is 9.79. The molecule has 0 aromatic carbocycles. The molecule has 3 unspecified atom stereocenters. The van der Waals surface area contributed by atoms with Crippen LogP contribution in [0.3, 0.4) is 0 Å². The summed E-state index contributed by atoms with van der Waals surface area (Å²) in [6.07, 6.45) is 65.8. The molecule has 0 spiro atoms. The minimum Gasteiger partial charge on any atom is -0.462 e. The van der Waals surface area contributed by atoms with Gasteiger partial charge in [0.05, 0.1) is 19.8 Å². The van der Waals surface area contributed by atoms with Crippen molar-refractivity contribution in [2.45, 2.75) is 200 Å². The molecule has 2 N–H and O–H groups in total. The molecule has 0 bridgehead atoms. The van der Waals surface area contributed by atoms with E-state index in [9.17, 15) is 28.9 Å². The molecule has 406 valence electrons. The van der Waals surface area contributed by atoms with Gasteiger partial charge in [-0.25, -0.2) is 4.57 Å². The first kappa shape index (κ1) is 67.6. The summed E-state index contributed by atoms with van der Waals surface area (Å²) in [6.45, 7) is 4.19. The van der Waals surface area contributed by atoms with Crippen molar-refractivity contribution in [3.05, 3.63) is 134 Å². The summed E-state index contributed by atoms with van der Waals surface area (Å²) in [5.74, 6) is -1.67. The van der Waals surface area contributed by atoms with Gasteiger partial charge in [-0.15, -0.1) is 0 Å². The van der Waals surface area contributed by atoms with E-state index >= 15 is 0 Å². The summed E-state index contributed by atoms with van der Waals surface area (Å²) in [6, 6.07) is 0. The smallest absolute Gasteiger partial charge is 0.462 e. The van der Waals surface area contributed by atoms with Gasteiger partial charge in [-0.2, -0.15) is 0 Å². The number of carbonyl (C=O) groups is 3. The number of phosphoric ester groups is 1. The van der Waals surface area contributed by atoms with Gasteiger partial charge in [0.2, 0.25) is 0 Å². The van der Waals surface area contributed by atoms with Crippen molar-refractivity contribution >= 4 is 25.7 Å². The van der Waals surface area contributed by atoms with Crippen LogP contribution in [0.1, 0.15) is 188 Å². The summed E-state index contributed by atoms with van der Waals surface area (Å²) in [7, 11) is -4.79. The summed E-state index contributed by atoms with van der Waals surface area (Å²) >= 11 is 0. The zero-order chi connectivity index (χ0) is 52.7. The minimum absolute atomic E-state index is 0.0661. The Hall–Kier alpha value is -4.38. The average molecular weight is 1020 g/mol. The molecule has 0 fully saturated rings. The van der Waals surface area contributed by atoms with Crippen molar-refractivity contribution in [3.8, 4) is 0 Å². The number of allylic oxidation sites excluding steroid dienone is 22. The van der Waals surface area contributed by atoms with Gasteiger partial charge in [-0.3, -0.25) is 23.4 Å². The standard InChI is InChI=1S/C60H95O11P/c1-4-7-10-13-16-19-22-25-27-28-30-33-36-39-42-45-48-51-60(64)71-57(53-67-58(62)49-46-43-40-37-34-31-24-21-18-15-12-9-6-3)55-69-72(65,66)68-54-56(52-61)70-59(63)50-47-44-41-38-35-32-29-26-23-20-17-14-11-8-5-2/h7,9-10,12,16-21,25-27,29-31,33-34,39-40,42-43,56-57,61H,4-6,8,11,13-15,22-24,28,32,35-38,41,44-55H2,1-3H3,(H,65,66)/b10-7-,12-9-,19-16-,20-17-,21-18-,27-25-,29-26-,33-30-,34-31-,42-39-,43-40-. The molecular formula is C60H95O11P. The van der Waals surface area contributed by atoms with E-state index in [2.05, 4.69) is 130 Å². The van der Waals surface area contributed by atoms with Crippen LogP contribution in [0.15, 0.2) is 134 Å². The molecule has 0 heterocycles. The largest absolute Gasteiger partial charge is 0.472 e. The maximum absolute atomic E-state index is 12.9. The Balaban J connectivity index is 4.92. The normalized spacial score (nSPS) is 14.5. The molecule has 72 heavy (non-hydrogen) atoms. The van der Waals surface area contributed by atoms with E-state index in [4.69, 9.17) is 23.3 Å². The molecule has 3 atom stereocenters. The van der Waals surface area contributed by atoms with E-state index < -0.39 is 64.4 Å². The number of hydrogen-bond acceptors (Lipinski definition) is 10. The van der Waals surface area contributed by atoms with Crippen LogP contribution in [0.4, 0.5) is 0 Å². The number of unbranched alkanes of at least 4 members (excludes halogenated alkanes) is 9. The van der Waals surface area contributed by atoms with Crippen LogP contribution in [0.5, 0.6) is 0 Å². The first-order valence-corrected chi connectivity index (χ1v) is 28.6. The molecule has 0 saturated carbocycles.